The monoisotopic (exact) mass is 427 g/mol. The smallest absolute Gasteiger partial charge is 0.304 e. The van der Waals surface area contributed by atoms with Crippen LogP contribution in [0.3, 0.4) is 0 Å². The van der Waals surface area contributed by atoms with Crippen LogP contribution in [-0.2, 0) is 17.9 Å². The Morgan fingerprint density at radius 3 is 2.72 bits per heavy atom. The van der Waals surface area contributed by atoms with Crippen molar-refractivity contribution in [2.75, 3.05) is 0 Å². The summed E-state index contributed by atoms with van der Waals surface area (Å²) in [5.74, 6) is -0.215. The van der Waals surface area contributed by atoms with Gasteiger partial charge in [-0.15, -0.1) is 0 Å². The van der Waals surface area contributed by atoms with E-state index in [9.17, 15) is 4.79 Å². The van der Waals surface area contributed by atoms with Gasteiger partial charge in [-0.3, -0.25) is 14.5 Å². The van der Waals surface area contributed by atoms with Crippen LogP contribution in [0.5, 0.6) is 5.75 Å². The molecule has 0 amide bonds. The molecule has 6 nitrogen and oxygen atoms in total. The van der Waals surface area contributed by atoms with E-state index in [-0.39, 0.29) is 12.3 Å². The first kappa shape index (κ1) is 21.3. The average molecular weight is 428 g/mol. The Kier molecular flexibility index (Phi) is 6.60. The zero-order valence-corrected chi connectivity index (χ0v) is 17.9. The number of ether oxygens (including phenoxy) is 1. The molecule has 2 heterocycles. The van der Waals surface area contributed by atoms with E-state index in [1.807, 2.05) is 84.7 Å². The minimum Gasteiger partial charge on any atom is -0.489 e. The number of allylic oxidation sites excluding steroid dienone is 2. The highest BCUT2D eigenvalue weighted by molar-refractivity contribution is 5.78. The lowest BCUT2D eigenvalue weighted by atomic mass is 9.95. The molecule has 0 aliphatic heterocycles. The predicted octanol–water partition coefficient (Wildman–Crippen LogP) is 5.19. The van der Waals surface area contributed by atoms with Crippen LogP contribution in [0.2, 0.25) is 0 Å². The lowest BCUT2D eigenvalue weighted by molar-refractivity contribution is -0.137. The third kappa shape index (κ3) is 5.40. The molecule has 4 aromatic rings. The summed E-state index contributed by atoms with van der Waals surface area (Å²) in [6.45, 7) is 3.00. The normalized spacial score (nSPS) is 12.3. The SMILES string of the molecule is CC=C[C@H](CC(=O)O)c1ccc(OCc2ccc3cn(Cc4cccnc4)nc3c2)cc1. The minimum absolute atomic E-state index is 0.0674. The largest absolute Gasteiger partial charge is 0.489 e. The molecule has 0 fully saturated rings. The molecule has 0 saturated carbocycles. The summed E-state index contributed by atoms with van der Waals surface area (Å²) in [7, 11) is 0. The van der Waals surface area contributed by atoms with E-state index in [0.29, 0.717) is 13.2 Å². The number of hydrogen-bond acceptors (Lipinski definition) is 4. The van der Waals surface area contributed by atoms with E-state index >= 15 is 0 Å². The second-order valence-electron chi connectivity index (χ2n) is 7.67. The van der Waals surface area contributed by atoms with E-state index in [1.165, 1.54) is 0 Å². The van der Waals surface area contributed by atoms with Gasteiger partial charge in [0, 0.05) is 29.9 Å². The van der Waals surface area contributed by atoms with E-state index < -0.39 is 5.97 Å². The van der Waals surface area contributed by atoms with Gasteiger partial charge in [0.05, 0.1) is 18.5 Å². The molecule has 32 heavy (non-hydrogen) atoms. The number of carboxylic acids is 1. The molecule has 1 atom stereocenters. The highest BCUT2D eigenvalue weighted by atomic mass is 16.5. The minimum atomic E-state index is -0.813. The van der Waals surface area contributed by atoms with Gasteiger partial charge in [0.25, 0.3) is 0 Å². The molecule has 0 radical (unpaired) electrons. The molecule has 2 aromatic heterocycles. The Labute approximate surface area is 186 Å². The van der Waals surface area contributed by atoms with Gasteiger partial charge in [0.2, 0.25) is 0 Å². The number of carboxylic acid groups (broad SMARTS) is 1. The quantitative estimate of drug-likeness (QED) is 0.372. The van der Waals surface area contributed by atoms with Crippen molar-refractivity contribution >= 4 is 16.9 Å². The molecule has 0 aliphatic rings. The number of nitrogens with zero attached hydrogens (tertiary/aromatic N) is 3. The molecular weight excluding hydrogens is 402 g/mol. The van der Waals surface area contributed by atoms with Crippen molar-refractivity contribution in [3.63, 3.8) is 0 Å². The Morgan fingerprint density at radius 2 is 2.00 bits per heavy atom. The van der Waals surface area contributed by atoms with Gasteiger partial charge in [-0.25, -0.2) is 0 Å². The van der Waals surface area contributed by atoms with Crippen LogP contribution in [0.25, 0.3) is 10.9 Å². The van der Waals surface area contributed by atoms with Gasteiger partial charge < -0.3 is 9.84 Å². The van der Waals surface area contributed by atoms with Crippen molar-refractivity contribution in [3.05, 3.63) is 102 Å². The maximum absolute atomic E-state index is 11.1. The van der Waals surface area contributed by atoms with E-state index in [4.69, 9.17) is 9.84 Å². The van der Waals surface area contributed by atoms with Crippen molar-refractivity contribution in [2.45, 2.75) is 32.4 Å². The number of rotatable bonds is 9. The van der Waals surface area contributed by atoms with Gasteiger partial charge in [0.1, 0.15) is 12.4 Å². The van der Waals surface area contributed by atoms with E-state index in [1.54, 1.807) is 6.20 Å². The zero-order valence-electron chi connectivity index (χ0n) is 17.9. The summed E-state index contributed by atoms with van der Waals surface area (Å²) in [6, 6.07) is 17.7. The van der Waals surface area contributed by atoms with Crippen LogP contribution >= 0.6 is 0 Å². The molecule has 0 spiro atoms. The first-order valence-electron chi connectivity index (χ1n) is 10.5. The molecule has 0 unspecified atom stereocenters. The predicted molar refractivity (Wildman–Crippen MR) is 124 cm³/mol. The molecule has 0 aliphatic carbocycles. The molecule has 2 aromatic carbocycles. The van der Waals surface area contributed by atoms with Crippen LogP contribution in [0, 0.1) is 0 Å². The van der Waals surface area contributed by atoms with Crippen molar-refractivity contribution in [1.29, 1.82) is 0 Å². The van der Waals surface area contributed by atoms with E-state index in [0.717, 1.165) is 33.3 Å². The first-order chi connectivity index (χ1) is 15.6. The fourth-order valence-electron chi connectivity index (χ4n) is 3.66. The zero-order chi connectivity index (χ0) is 22.3. The molecule has 4 rings (SSSR count). The first-order valence-corrected chi connectivity index (χ1v) is 10.5. The van der Waals surface area contributed by atoms with Crippen LogP contribution < -0.4 is 4.74 Å². The Bertz CT molecular complexity index is 1210. The van der Waals surface area contributed by atoms with Gasteiger partial charge >= 0.3 is 5.97 Å². The highest BCUT2D eigenvalue weighted by Gasteiger charge is 2.12. The average Bonchev–Trinajstić information content (AvgIpc) is 3.19. The third-order valence-electron chi connectivity index (χ3n) is 5.22. The fourth-order valence-corrected chi connectivity index (χ4v) is 3.66. The molecule has 0 saturated heterocycles. The number of aromatic nitrogens is 3. The van der Waals surface area contributed by atoms with Gasteiger partial charge in [-0.05, 0) is 47.9 Å². The summed E-state index contributed by atoms with van der Waals surface area (Å²) in [6.07, 6.45) is 9.50. The van der Waals surface area contributed by atoms with E-state index in [2.05, 4.69) is 16.1 Å². The standard InChI is InChI=1S/C26H25N3O3/c1-2-4-22(14-26(30)31)21-8-10-24(11-9-21)32-18-19-6-7-23-17-29(28-25(23)13-19)16-20-5-3-12-27-15-20/h2-13,15,17,22H,14,16,18H2,1H3,(H,30,31)/t22-/m1/s1. The third-order valence-corrected chi connectivity index (χ3v) is 5.22. The molecule has 162 valence electrons. The van der Waals surface area contributed by atoms with Crippen LogP contribution in [0.4, 0.5) is 0 Å². The fraction of sp³-hybridized carbons (Fsp3) is 0.192. The van der Waals surface area contributed by atoms with Crippen LogP contribution in [0.1, 0.15) is 36.0 Å². The Balaban J connectivity index is 1.40. The summed E-state index contributed by atoms with van der Waals surface area (Å²) < 4.78 is 7.86. The number of hydrogen-bond donors (Lipinski definition) is 1. The second-order valence-corrected chi connectivity index (χ2v) is 7.67. The summed E-state index contributed by atoms with van der Waals surface area (Å²) in [4.78, 5) is 15.3. The number of carbonyl (C=O) groups is 1. The molecular formula is C26H25N3O3. The Hall–Kier alpha value is -3.93. The van der Waals surface area contributed by atoms with Crippen molar-refractivity contribution in [1.82, 2.24) is 14.8 Å². The summed E-state index contributed by atoms with van der Waals surface area (Å²) in [5.41, 5.74) is 4.02. The number of pyridine rings is 1. The maximum Gasteiger partial charge on any atom is 0.304 e. The number of aliphatic carboxylic acids is 1. The molecule has 0 bridgehead atoms. The van der Waals surface area contributed by atoms with Crippen LogP contribution in [0.15, 0.2) is 85.3 Å². The lowest BCUT2D eigenvalue weighted by Gasteiger charge is -2.12. The maximum atomic E-state index is 11.1. The van der Waals surface area contributed by atoms with Gasteiger partial charge in [-0.2, -0.15) is 5.10 Å². The highest BCUT2D eigenvalue weighted by Crippen LogP contribution is 2.25. The van der Waals surface area contributed by atoms with Crippen LogP contribution in [-0.4, -0.2) is 25.8 Å². The Morgan fingerprint density at radius 1 is 1.16 bits per heavy atom. The summed E-state index contributed by atoms with van der Waals surface area (Å²) >= 11 is 0. The number of fused-ring (bicyclic) bond motifs is 1. The summed E-state index contributed by atoms with van der Waals surface area (Å²) in [5, 5.41) is 14.9. The molecule has 1 N–H and O–H groups in total. The van der Waals surface area contributed by atoms with Gasteiger partial charge in [0.15, 0.2) is 0 Å². The van der Waals surface area contributed by atoms with Crippen molar-refractivity contribution in [2.24, 2.45) is 0 Å². The van der Waals surface area contributed by atoms with Crippen molar-refractivity contribution < 1.29 is 14.6 Å². The van der Waals surface area contributed by atoms with Gasteiger partial charge in [-0.1, -0.05) is 42.5 Å². The number of benzene rings is 2. The molecule has 6 heteroatoms. The van der Waals surface area contributed by atoms with Crippen molar-refractivity contribution in [3.8, 4) is 5.75 Å². The second kappa shape index (κ2) is 9.92. The topological polar surface area (TPSA) is 77.2 Å². The lowest BCUT2D eigenvalue weighted by Crippen LogP contribution is -2.04.